The third kappa shape index (κ3) is 3.03. The number of methoxy groups -OCH3 is 1. The predicted molar refractivity (Wildman–Crippen MR) is 74.6 cm³/mol. The number of halogens is 1. The summed E-state index contributed by atoms with van der Waals surface area (Å²) in [5.41, 5.74) is 3.07. The van der Waals surface area contributed by atoms with Crippen LogP contribution < -0.4 is 5.32 Å². The van der Waals surface area contributed by atoms with Gasteiger partial charge in [0, 0.05) is 0 Å². The smallest absolute Gasteiger partial charge is 0.338 e. The quantitative estimate of drug-likeness (QED) is 0.839. The number of carbonyl (C=O) groups excluding carboxylic acids is 1. The highest BCUT2D eigenvalue weighted by Crippen LogP contribution is 2.29. The molecular weight excluding hydrogens is 250 g/mol. The van der Waals surface area contributed by atoms with Crippen LogP contribution in [0.1, 0.15) is 40.2 Å². The molecule has 0 amide bonds. The van der Waals surface area contributed by atoms with E-state index in [-0.39, 0.29) is 18.4 Å². The molecule has 3 nitrogen and oxygen atoms in total. The molecule has 0 saturated carbocycles. The van der Waals surface area contributed by atoms with Crippen LogP contribution >= 0.6 is 12.4 Å². The summed E-state index contributed by atoms with van der Waals surface area (Å²) in [5, 5.41) is 3.36. The van der Waals surface area contributed by atoms with Gasteiger partial charge in [-0.25, -0.2) is 4.79 Å². The van der Waals surface area contributed by atoms with E-state index in [2.05, 4.69) is 11.4 Å². The van der Waals surface area contributed by atoms with Crippen molar-refractivity contribution in [2.24, 2.45) is 0 Å². The van der Waals surface area contributed by atoms with Crippen molar-refractivity contribution in [3.63, 3.8) is 0 Å². The zero-order chi connectivity index (χ0) is 12.3. The normalized spacial score (nSPS) is 15.9. The first kappa shape index (κ1) is 15.0. The molecule has 0 bridgehead atoms. The maximum atomic E-state index is 11.6. The lowest BCUT2D eigenvalue weighted by Gasteiger charge is -2.25. The summed E-state index contributed by atoms with van der Waals surface area (Å²) in [5.74, 6) is 0.333. The van der Waals surface area contributed by atoms with Crippen molar-refractivity contribution in [1.82, 2.24) is 5.32 Å². The van der Waals surface area contributed by atoms with Gasteiger partial charge >= 0.3 is 5.97 Å². The maximum absolute atomic E-state index is 11.6. The van der Waals surface area contributed by atoms with Gasteiger partial charge in [-0.2, -0.15) is 0 Å². The highest BCUT2D eigenvalue weighted by Gasteiger charge is 2.20. The first-order chi connectivity index (χ1) is 8.24. The summed E-state index contributed by atoms with van der Waals surface area (Å²) in [7, 11) is 1.43. The summed E-state index contributed by atoms with van der Waals surface area (Å²) in [6.45, 7) is 4.14. The minimum absolute atomic E-state index is 0. The molecule has 1 aromatic carbocycles. The molecule has 0 radical (unpaired) electrons. The number of rotatable bonds is 2. The van der Waals surface area contributed by atoms with Crippen LogP contribution in [0.3, 0.4) is 0 Å². The fraction of sp³-hybridized carbons (Fsp3) is 0.500. The predicted octanol–water partition coefficient (Wildman–Crippen LogP) is 2.67. The molecule has 4 heteroatoms. The molecule has 18 heavy (non-hydrogen) atoms. The number of ether oxygens (including phenoxy) is 1. The highest BCUT2D eigenvalue weighted by atomic mass is 35.5. The van der Waals surface area contributed by atoms with Gasteiger partial charge in [0.1, 0.15) is 0 Å². The number of piperidine rings is 1. The molecule has 100 valence electrons. The molecule has 1 heterocycles. The number of hydrogen-bond acceptors (Lipinski definition) is 3. The van der Waals surface area contributed by atoms with Gasteiger partial charge in [-0.3, -0.25) is 0 Å². The Hall–Kier alpha value is -1.06. The van der Waals surface area contributed by atoms with Crippen LogP contribution in [0.2, 0.25) is 0 Å². The summed E-state index contributed by atoms with van der Waals surface area (Å²) in [4.78, 5) is 11.6. The molecule has 1 aromatic rings. The Bertz CT molecular complexity index is 414. The fourth-order valence-electron chi connectivity index (χ4n) is 2.56. The second-order valence-corrected chi connectivity index (χ2v) is 4.54. The Morgan fingerprint density at radius 2 is 2.00 bits per heavy atom. The lowest BCUT2D eigenvalue weighted by molar-refractivity contribution is 0.0599. The van der Waals surface area contributed by atoms with Crippen molar-refractivity contribution in [3.05, 3.63) is 34.9 Å². The minimum Gasteiger partial charge on any atom is -0.465 e. The molecule has 1 saturated heterocycles. The van der Waals surface area contributed by atoms with Crippen LogP contribution in [0, 0.1) is 6.92 Å². The second-order valence-electron chi connectivity index (χ2n) is 4.54. The molecule has 0 atom stereocenters. The second kappa shape index (κ2) is 6.76. The first-order valence-electron chi connectivity index (χ1n) is 6.12. The van der Waals surface area contributed by atoms with Crippen LogP contribution in [-0.4, -0.2) is 26.2 Å². The fourth-order valence-corrected chi connectivity index (χ4v) is 2.56. The molecule has 2 rings (SSSR count). The number of esters is 1. The van der Waals surface area contributed by atoms with E-state index in [1.54, 1.807) is 0 Å². The number of benzene rings is 1. The van der Waals surface area contributed by atoms with Crippen molar-refractivity contribution in [1.29, 1.82) is 0 Å². The molecule has 1 aliphatic rings. The van der Waals surface area contributed by atoms with Gasteiger partial charge in [0.05, 0.1) is 12.7 Å². The van der Waals surface area contributed by atoms with Crippen LogP contribution in [0.4, 0.5) is 0 Å². The van der Waals surface area contributed by atoms with E-state index in [0.29, 0.717) is 11.5 Å². The van der Waals surface area contributed by atoms with E-state index in [4.69, 9.17) is 4.74 Å². The van der Waals surface area contributed by atoms with Gasteiger partial charge in [-0.05, 0) is 56.0 Å². The Balaban J connectivity index is 0.00000162. The van der Waals surface area contributed by atoms with Gasteiger partial charge in [0.2, 0.25) is 0 Å². The maximum Gasteiger partial charge on any atom is 0.338 e. The van der Waals surface area contributed by atoms with Crippen LogP contribution in [0.5, 0.6) is 0 Å². The van der Waals surface area contributed by atoms with E-state index in [0.717, 1.165) is 31.5 Å². The average molecular weight is 270 g/mol. The molecule has 0 aromatic heterocycles. The van der Waals surface area contributed by atoms with Crippen molar-refractivity contribution in [2.75, 3.05) is 20.2 Å². The largest absolute Gasteiger partial charge is 0.465 e. The van der Waals surface area contributed by atoms with Gasteiger partial charge < -0.3 is 10.1 Å². The summed E-state index contributed by atoms with van der Waals surface area (Å²) in [6, 6.07) is 5.93. The van der Waals surface area contributed by atoms with Crippen molar-refractivity contribution < 1.29 is 9.53 Å². The van der Waals surface area contributed by atoms with Crippen molar-refractivity contribution in [2.45, 2.75) is 25.7 Å². The molecule has 1 aliphatic heterocycles. The van der Waals surface area contributed by atoms with E-state index in [1.165, 1.54) is 12.7 Å². The molecule has 0 unspecified atom stereocenters. The third-order valence-corrected chi connectivity index (χ3v) is 3.56. The topological polar surface area (TPSA) is 38.3 Å². The number of carbonyl (C=O) groups is 1. The minimum atomic E-state index is -0.238. The van der Waals surface area contributed by atoms with E-state index in [9.17, 15) is 4.79 Å². The average Bonchev–Trinajstić information content (AvgIpc) is 2.39. The van der Waals surface area contributed by atoms with Gasteiger partial charge in [-0.15, -0.1) is 12.4 Å². The van der Waals surface area contributed by atoms with Gasteiger partial charge in [0.15, 0.2) is 0 Å². The Kier molecular flexibility index (Phi) is 5.63. The molecule has 0 aliphatic carbocycles. The standard InChI is InChI=1S/C14H19NO2.ClH/c1-10-12(11-6-8-15-9-7-11)4-3-5-13(10)14(16)17-2;/h3-5,11,15H,6-9H2,1-2H3;1H. The zero-order valence-electron chi connectivity index (χ0n) is 10.9. The zero-order valence-corrected chi connectivity index (χ0v) is 11.7. The first-order valence-corrected chi connectivity index (χ1v) is 6.12. The molecule has 1 N–H and O–H groups in total. The van der Waals surface area contributed by atoms with Crippen molar-refractivity contribution >= 4 is 18.4 Å². The van der Waals surface area contributed by atoms with Crippen LogP contribution in [0.25, 0.3) is 0 Å². The van der Waals surface area contributed by atoms with E-state index >= 15 is 0 Å². The lowest BCUT2D eigenvalue weighted by Crippen LogP contribution is -2.27. The number of nitrogens with one attached hydrogen (secondary N) is 1. The molecule has 0 spiro atoms. The summed E-state index contributed by atoms with van der Waals surface area (Å²) < 4.78 is 4.81. The Morgan fingerprint density at radius 3 is 2.61 bits per heavy atom. The van der Waals surface area contributed by atoms with Gasteiger partial charge in [0.25, 0.3) is 0 Å². The lowest BCUT2D eigenvalue weighted by atomic mass is 9.86. The molecular formula is C14H20ClNO2. The summed E-state index contributed by atoms with van der Waals surface area (Å²) >= 11 is 0. The monoisotopic (exact) mass is 269 g/mol. The van der Waals surface area contributed by atoms with Crippen LogP contribution in [0.15, 0.2) is 18.2 Å². The van der Waals surface area contributed by atoms with E-state index < -0.39 is 0 Å². The van der Waals surface area contributed by atoms with Crippen molar-refractivity contribution in [3.8, 4) is 0 Å². The summed E-state index contributed by atoms with van der Waals surface area (Å²) in [6.07, 6.45) is 2.29. The van der Waals surface area contributed by atoms with E-state index in [1.807, 2.05) is 19.1 Å². The Labute approximate surface area is 114 Å². The molecule has 1 fully saturated rings. The van der Waals surface area contributed by atoms with Gasteiger partial charge in [-0.1, -0.05) is 12.1 Å². The Morgan fingerprint density at radius 1 is 1.33 bits per heavy atom. The van der Waals surface area contributed by atoms with Crippen LogP contribution in [-0.2, 0) is 4.74 Å². The SMILES string of the molecule is COC(=O)c1cccc(C2CCNCC2)c1C.Cl. The number of hydrogen-bond donors (Lipinski definition) is 1. The third-order valence-electron chi connectivity index (χ3n) is 3.56. The highest BCUT2D eigenvalue weighted by molar-refractivity contribution is 5.91.